The van der Waals surface area contributed by atoms with Gasteiger partial charge in [0.1, 0.15) is 146 Å². The first-order valence-electron chi connectivity index (χ1n) is 50.4. The Morgan fingerprint density at radius 3 is 0.634 bits per heavy atom. The van der Waals surface area contributed by atoms with Crippen LogP contribution in [0.4, 0.5) is 0 Å². The van der Waals surface area contributed by atoms with Crippen molar-refractivity contribution in [2.75, 3.05) is 86.4 Å². The minimum Gasteiger partial charge on any atom is -0.394 e. The minimum absolute atomic E-state index is 0.197. The number of fused-ring (bicyclic) bond motifs is 1. The average molecular weight is 2090 g/mol. The number of ether oxygens (including phenoxy) is 25. The lowest BCUT2D eigenvalue weighted by molar-refractivity contribution is -0.321. The van der Waals surface area contributed by atoms with Crippen molar-refractivity contribution in [2.45, 2.75) is 385 Å². The lowest BCUT2D eigenvalue weighted by Crippen LogP contribution is -2.57. The standard InChI is InChI=1S/C96H156O49/c1-34-55(27-103)123-85(40(7)67(34)122-33-46-18-19-47-16-14-15-17-48(47)20-46)141-80-62(116)92(135-74(80)50(110)22-98)130-69-36(3)57(29-105)125-87(42(69)9)143-82-64(118)94(137-76(82)52(112)24-100)132-71-38(5)59(31-107)127-89(44(71)11)145-84-66(120)96(139-78(84)54(114)26-102)133-72-39(6)60(32-108)128-90(45(72)12)144-83-65(119)95(138-77(83)53(113)25-101)131-70-37(4)58(30-106)126-88(43(70)10)142-81-63(117)93(136-75(81)51(111)23-99)129-68-35(2)56(28-104)124-86(41(68)8)140-79-61(115)91(121-13)134-73(79)49(109)21-97/h14-20,34-45,49-120H,21-33H2,1-13H3/t34?,35?,36?,37?,38?,39?,40?,41?,42?,43?,44?,45?,49-,50-,51-,52-,53-,54-,55?,56?,57?,58?,59?,60?,61?,62?,63?,64?,65?,66?,67?,68?,69?,70?,71?,72?,73?,74?,75?,76?,77?,78?,79?,80?,81?,82?,83?,84?,85?,86?,87?,88?,89?,90?,91?,92?,93?,94?,95?,96?/m1/s1. The number of benzene rings is 2. The Hall–Kier alpha value is -3.26. The van der Waals surface area contributed by atoms with E-state index < -0.39 is 440 Å². The highest BCUT2D eigenvalue weighted by molar-refractivity contribution is 5.83. The van der Waals surface area contributed by atoms with E-state index in [0.717, 1.165) is 16.3 Å². The Labute approximate surface area is 838 Å². The first kappa shape index (κ1) is 117. The molecule has 12 fully saturated rings. The molecule has 49 nitrogen and oxygen atoms in total. The fraction of sp³-hybridized carbons (Fsp3) is 0.896. The molecule has 145 heavy (non-hydrogen) atoms. The van der Waals surface area contributed by atoms with E-state index in [1.807, 2.05) is 56.3 Å². The predicted molar refractivity (Wildman–Crippen MR) is 484 cm³/mol. The molecule has 0 radical (unpaired) electrons. The molecule has 12 saturated heterocycles. The Bertz CT molecular complexity index is 4150. The zero-order chi connectivity index (χ0) is 105. The highest BCUT2D eigenvalue weighted by Gasteiger charge is 2.64. The van der Waals surface area contributed by atoms with Gasteiger partial charge < -0.3 is 241 Å². The maximum atomic E-state index is 12.5. The highest BCUT2D eigenvalue weighted by Crippen LogP contribution is 2.49. The van der Waals surface area contributed by atoms with E-state index in [0.29, 0.717) is 0 Å². The van der Waals surface area contributed by atoms with Crippen LogP contribution in [0, 0.1) is 71.0 Å². The summed E-state index contributed by atoms with van der Waals surface area (Å²) in [6, 6.07) is 13.9. The molecule has 0 spiro atoms. The zero-order valence-corrected chi connectivity index (χ0v) is 83.3. The van der Waals surface area contributed by atoms with Crippen molar-refractivity contribution in [1.29, 1.82) is 0 Å². The Kier molecular flexibility index (Phi) is 41.7. The van der Waals surface area contributed by atoms with Crippen LogP contribution in [0.5, 0.6) is 0 Å². The summed E-state index contributed by atoms with van der Waals surface area (Å²) in [5, 5.41) is 270. The highest BCUT2D eigenvalue weighted by atomic mass is 16.8. The SMILES string of the molecule is COC1OC([C@H](O)CO)C(OC2OC(CO)C(C)C(OC3OC([C@H](O)CO)C(OC4OC(CO)C(C)C(OC5OC([C@H](O)CO)C(OC6OC(CO)C(C)C(OC7OC([C@H](O)CO)C(OC8OC(CO)C(C)C(OC9OC([C@H](O)CO)C(OC%10OC(CO)C(C)C(OC%11OC([C@H](O)CO)C(OC%12OC(CO)C(C)C(OCc%13ccc%14ccccc%14c%13)C%12C)C%11O)C%10C)C9O)C8C)C7O)C6C)C5O)C4C)C3O)C2C)C1O. The summed E-state index contributed by atoms with van der Waals surface area (Å²) in [6.45, 7) is 11.1. The molecule has 54 unspecified atom stereocenters. The van der Waals surface area contributed by atoms with Gasteiger partial charge >= 0.3 is 0 Å². The lowest BCUT2D eigenvalue weighted by Gasteiger charge is -2.46. The van der Waals surface area contributed by atoms with E-state index in [9.17, 15) is 123 Å². The maximum Gasteiger partial charge on any atom is 0.187 e. The van der Waals surface area contributed by atoms with Crippen LogP contribution in [0.25, 0.3) is 10.8 Å². The summed E-state index contributed by atoms with van der Waals surface area (Å²) in [5.74, 6) is -9.54. The topological polar surface area (TPSA) is 716 Å². The van der Waals surface area contributed by atoms with Gasteiger partial charge in [-0.25, -0.2) is 0 Å². The molecule has 2 aromatic carbocycles. The van der Waals surface area contributed by atoms with Gasteiger partial charge in [-0.2, -0.15) is 0 Å². The normalized spacial score (nSPS) is 48.1. The van der Waals surface area contributed by atoms with Gasteiger partial charge in [-0.05, 0) is 22.4 Å². The molecule has 12 heterocycles. The maximum absolute atomic E-state index is 12.5. The van der Waals surface area contributed by atoms with Gasteiger partial charge in [0.05, 0.1) is 159 Å². The van der Waals surface area contributed by atoms with Gasteiger partial charge in [-0.15, -0.1) is 0 Å². The van der Waals surface area contributed by atoms with Crippen LogP contribution in [0.2, 0.25) is 0 Å². The first-order valence-corrected chi connectivity index (χ1v) is 50.4. The van der Waals surface area contributed by atoms with E-state index in [1.54, 1.807) is 69.2 Å². The molecule has 0 saturated carbocycles. The van der Waals surface area contributed by atoms with Crippen LogP contribution in [0.15, 0.2) is 42.5 Å². The smallest absolute Gasteiger partial charge is 0.187 e. The van der Waals surface area contributed by atoms with Crippen LogP contribution in [0.1, 0.15) is 88.6 Å². The molecule has 49 heteroatoms. The number of methoxy groups -OCH3 is 1. The van der Waals surface area contributed by atoms with Crippen molar-refractivity contribution in [3.8, 4) is 0 Å². The second-order valence-electron chi connectivity index (χ2n) is 41.2. The fourth-order valence-electron chi connectivity index (χ4n) is 22.7. The molecule has 60 atom stereocenters. The van der Waals surface area contributed by atoms with Gasteiger partial charge in [0.2, 0.25) is 0 Å². The van der Waals surface area contributed by atoms with Crippen LogP contribution >= 0.6 is 0 Å². The van der Waals surface area contributed by atoms with Crippen LogP contribution in [-0.4, -0.2) is 504 Å². The molecule has 0 amide bonds. The Balaban J connectivity index is 0.618. The summed E-state index contributed by atoms with van der Waals surface area (Å²) in [7, 11) is 1.25. The van der Waals surface area contributed by atoms with Gasteiger partial charge in [0.15, 0.2) is 75.5 Å². The Morgan fingerprint density at radius 2 is 0.421 bits per heavy atom. The molecular formula is C96H156O49. The molecule has 2 aromatic rings. The summed E-state index contributed by atoms with van der Waals surface area (Å²) < 4.78 is 159. The molecule has 0 aromatic heterocycles. The van der Waals surface area contributed by atoms with E-state index in [4.69, 9.17) is 118 Å². The zero-order valence-electron chi connectivity index (χ0n) is 83.3. The van der Waals surface area contributed by atoms with E-state index in [-0.39, 0.29) is 12.5 Å². The fourth-order valence-corrected chi connectivity index (χ4v) is 22.7. The van der Waals surface area contributed by atoms with Gasteiger partial charge in [0.25, 0.3) is 0 Å². The molecule has 14 rings (SSSR count). The molecule has 12 aliphatic rings. The Morgan fingerprint density at radius 1 is 0.228 bits per heavy atom. The number of rotatable bonds is 44. The number of hydrogen-bond acceptors (Lipinski definition) is 49. The largest absolute Gasteiger partial charge is 0.394 e. The minimum atomic E-state index is -1.90. The molecular weight excluding hydrogens is 1940 g/mol. The van der Waals surface area contributed by atoms with Crippen molar-refractivity contribution in [2.24, 2.45) is 71.0 Å². The monoisotopic (exact) mass is 2090 g/mol. The number of aliphatic hydroxyl groups is 24. The van der Waals surface area contributed by atoms with Crippen molar-refractivity contribution in [3.63, 3.8) is 0 Å². The summed E-state index contributed by atoms with van der Waals surface area (Å²) >= 11 is 0. The van der Waals surface area contributed by atoms with Crippen molar-refractivity contribution >= 4 is 10.8 Å². The van der Waals surface area contributed by atoms with Crippen molar-refractivity contribution in [3.05, 3.63) is 48.0 Å². The summed E-state index contributed by atoms with van der Waals surface area (Å²) in [5.41, 5.74) is 0.892. The van der Waals surface area contributed by atoms with Gasteiger partial charge in [0, 0.05) is 78.1 Å². The van der Waals surface area contributed by atoms with Gasteiger partial charge in [-0.1, -0.05) is 119 Å². The average Bonchev–Trinajstić information content (AvgIpc) is 1.63. The number of aliphatic hydroxyl groups excluding tert-OH is 24. The van der Waals surface area contributed by atoms with Crippen LogP contribution < -0.4 is 0 Å². The molecule has 0 bridgehead atoms. The van der Waals surface area contributed by atoms with E-state index >= 15 is 0 Å². The van der Waals surface area contributed by atoms with E-state index in [1.165, 1.54) is 7.11 Å². The van der Waals surface area contributed by atoms with Crippen molar-refractivity contribution < 1.29 is 241 Å². The lowest BCUT2D eigenvalue weighted by atomic mass is 9.85. The molecule has 12 aliphatic heterocycles. The van der Waals surface area contributed by atoms with Gasteiger partial charge in [-0.3, -0.25) is 0 Å². The second-order valence-corrected chi connectivity index (χ2v) is 41.2. The third-order valence-electron chi connectivity index (χ3n) is 31.7. The third kappa shape index (κ3) is 24.6. The first-order chi connectivity index (χ1) is 69.2. The van der Waals surface area contributed by atoms with Crippen LogP contribution in [0.3, 0.4) is 0 Å². The molecule has 24 N–H and O–H groups in total. The molecule has 834 valence electrons. The number of hydrogen-bond donors (Lipinski definition) is 24. The quantitative estimate of drug-likeness (QED) is 0.0293. The predicted octanol–water partition coefficient (Wildman–Crippen LogP) is -7.82. The second kappa shape index (κ2) is 51.6. The summed E-state index contributed by atoms with van der Waals surface area (Å²) in [6.07, 6.45) is -70.4. The molecule has 0 aliphatic carbocycles. The summed E-state index contributed by atoms with van der Waals surface area (Å²) in [4.78, 5) is 0. The van der Waals surface area contributed by atoms with Crippen LogP contribution in [-0.2, 0) is 125 Å². The van der Waals surface area contributed by atoms with E-state index in [2.05, 4.69) is 0 Å². The van der Waals surface area contributed by atoms with Crippen molar-refractivity contribution in [1.82, 2.24) is 0 Å². The third-order valence-corrected chi connectivity index (χ3v) is 31.7.